The van der Waals surface area contributed by atoms with E-state index in [4.69, 9.17) is 11.6 Å². The van der Waals surface area contributed by atoms with E-state index in [1.54, 1.807) is 0 Å². The zero-order valence-electron chi connectivity index (χ0n) is 11.8. The third-order valence-electron chi connectivity index (χ3n) is 2.67. The van der Waals surface area contributed by atoms with Crippen LogP contribution in [0.3, 0.4) is 0 Å². The molecule has 0 radical (unpaired) electrons. The molecule has 0 saturated carbocycles. The second kappa shape index (κ2) is 6.90. The number of rotatable bonds is 5. The van der Waals surface area contributed by atoms with E-state index in [9.17, 15) is 0 Å². The first-order valence-electron chi connectivity index (χ1n) is 6.49. The Morgan fingerprint density at radius 1 is 1.20 bits per heavy atom. The zero-order chi connectivity index (χ0) is 14.5. The maximum absolute atomic E-state index is 5.95. The molecule has 1 N–H and O–H groups in total. The molecule has 6 heteroatoms. The van der Waals surface area contributed by atoms with Crippen molar-refractivity contribution in [2.45, 2.75) is 37.2 Å². The summed E-state index contributed by atoms with van der Waals surface area (Å²) in [6.07, 6.45) is 1.00. The van der Waals surface area contributed by atoms with Crippen molar-refractivity contribution in [2.75, 3.05) is 11.9 Å². The number of halogens is 1. The molecule has 1 aromatic heterocycles. The first kappa shape index (κ1) is 15.1. The first-order chi connectivity index (χ1) is 9.58. The minimum absolute atomic E-state index is 0.214. The van der Waals surface area contributed by atoms with E-state index in [0.717, 1.165) is 17.9 Å². The molecule has 0 aliphatic rings. The maximum atomic E-state index is 5.95. The fourth-order valence-corrected chi connectivity index (χ4v) is 2.75. The predicted molar refractivity (Wildman–Crippen MR) is 83.7 cm³/mol. The number of nitrogens with zero attached hydrogens (tertiary/aromatic N) is 3. The largest absolute Gasteiger partial charge is 0.354 e. The number of aromatic nitrogens is 3. The van der Waals surface area contributed by atoms with Gasteiger partial charge in [0.15, 0.2) is 5.16 Å². The molecular weight excluding hydrogens is 292 g/mol. The van der Waals surface area contributed by atoms with Crippen LogP contribution >= 0.6 is 23.4 Å². The van der Waals surface area contributed by atoms with Gasteiger partial charge in [0.05, 0.1) is 0 Å². The van der Waals surface area contributed by atoms with Crippen molar-refractivity contribution >= 4 is 29.3 Å². The number of nitrogens with one attached hydrogen (secondary N) is 1. The molecule has 0 aliphatic heterocycles. The van der Waals surface area contributed by atoms with E-state index in [1.807, 2.05) is 0 Å². The average molecular weight is 309 g/mol. The van der Waals surface area contributed by atoms with E-state index in [-0.39, 0.29) is 5.28 Å². The van der Waals surface area contributed by atoms with Crippen LogP contribution in [0, 0.1) is 13.8 Å². The van der Waals surface area contributed by atoms with Gasteiger partial charge in [-0.3, -0.25) is 0 Å². The molecular formula is C14H17ClN4S. The lowest BCUT2D eigenvalue weighted by atomic mass is 10.2. The lowest BCUT2D eigenvalue weighted by Crippen LogP contribution is -2.06. The normalized spacial score (nSPS) is 10.6. The van der Waals surface area contributed by atoms with Gasteiger partial charge in [0, 0.05) is 11.4 Å². The predicted octanol–water partition coefficient (Wildman–Crippen LogP) is 4.11. The second-order valence-corrected chi connectivity index (χ2v) is 5.86. The average Bonchev–Trinajstić information content (AvgIpc) is 2.40. The van der Waals surface area contributed by atoms with Crippen molar-refractivity contribution in [1.82, 2.24) is 15.0 Å². The number of benzene rings is 1. The van der Waals surface area contributed by atoms with Crippen molar-refractivity contribution in [2.24, 2.45) is 0 Å². The zero-order valence-corrected chi connectivity index (χ0v) is 13.3. The molecule has 4 nitrogen and oxygen atoms in total. The Kier molecular flexibility index (Phi) is 5.20. The van der Waals surface area contributed by atoms with Gasteiger partial charge < -0.3 is 5.32 Å². The topological polar surface area (TPSA) is 50.7 Å². The van der Waals surface area contributed by atoms with Gasteiger partial charge in [-0.1, -0.05) is 19.1 Å². The summed E-state index contributed by atoms with van der Waals surface area (Å²) in [6, 6.07) is 6.31. The van der Waals surface area contributed by atoms with Crippen LogP contribution in [-0.4, -0.2) is 21.5 Å². The van der Waals surface area contributed by atoms with Gasteiger partial charge in [-0.15, -0.1) is 0 Å². The van der Waals surface area contributed by atoms with E-state index in [2.05, 4.69) is 59.2 Å². The molecule has 0 spiro atoms. The van der Waals surface area contributed by atoms with Crippen LogP contribution < -0.4 is 5.32 Å². The van der Waals surface area contributed by atoms with Gasteiger partial charge in [-0.05, 0) is 60.8 Å². The summed E-state index contributed by atoms with van der Waals surface area (Å²) in [5.41, 5.74) is 2.41. The van der Waals surface area contributed by atoms with E-state index in [1.165, 1.54) is 22.9 Å². The minimum Gasteiger partial charge on any atom is -0.354 e. The van der Waals surface area contributed by atoms with E-state index < -0.39 is 0 Å². The van der Waals surface area contributed by atoms with E-state index >= 15 is 0 Å². The Morgan fingerprint density at radius 3 is 2.75 bits per heavy atom. The number of anilines is 1. The molecule has 20 heavy (non-hydrogen) atoms. The van der Waals surface area contributed by atoms with Gasteiger partial charge in [-0.2, -0.15) is 15.0 Å². The summed E-state index contributed by atoms with van der Waals surface area (Å²) in [5, 5.41) is 3.95. The summed E-state index contributed by atoms with van der Waals surface area (Å²) in [7, 11) is 0. The minimum atomic E-state index is 0.214. The molecule has 106 valence electrons. The van der Waals surface area contributed by atoms with Crippen molar-refractivity contribution < 1.29 is 0 Å². The van der Waals surface area contributed by atoms with Crippen molar-refractivity contribution in [1.29, 1.82) is 0 Å². The molecule has 2 rings (SSSR count). The summed E-state index contributed by atoms with van der Waals surface area (Å²) < 4.78 is 0. The highest BCUT2D eigenvalue weighted by molar-refractivity contribution is 7.99. The Bertz CT molecular complexity index is 604. The molecule has 0 saturated heterocycles. The molecule has 1 heterocycles. The van der Waals surface area contributed by atoms with E-state index in [0.29, 0.717) is 11.1 Å². The van der Waals surface area contributed by atoms with Crippen LogP contribution in [0.1, 0.15) is 24.5 Å². The summed E-state index contributed by atoms with van der Waals surface area (Å²) >= 11 is 7.45. The summed E-state index contributed by atoms with van der Waals surface area (Å²) in [6.45, 7) is 7.04. The molecule has 0 unspecified atom stereocenters. The van der Waals surface area contributed by atoms with Gasteiger partial charge in [0.25, 0.3) is 0 Å². The van der Waals surface area contributed by atoms with Crippen LogP contribution in [0.25, 0.3) is 0 Å². The highest BCUT2D eigenvalue weighted by atomic mass is 35.5. The third-order valence-corrected chi connectivity index (χ3v) is 3.86. The number of aryl methyl sites for hydroxylation is 2. The molecule has 0 aliphatic carbocycles. The molecule has 0 amide bonds. The highest BCUT2D eigenvalue weighted by Gasteiger charge is 2.08. The third kappa shape index (κ3) is 4.08. The number of hydrogen-bond donors (Lipinski definition) is 1. The molecule has 0 fully saturated rings. The van der Waals surface area contributed by atoms with Gasteiger partial charge in [0.2, 0.25) is 11.2 Å². The van der Waals surface area contributed by atoms with Crippen LogP contribution in [0.4, 0.5) is 5.95 Å². The van der Waals surface area contributed by atoms with Crippen LogP contribution in [0.2, 0.25) is 5.28 Å². The highest BCUT2D eigenvalue weighted by Crippen LogP contribution is 2.29. The van der Waals surface area contributed by atoms with Gasteiger partial charge in [-0.25, -0.2) is 0 Å². The van der Waals surface area contributed by atoms with Crippen LogP contribution in [0.5, 0.6) is 0 Å². The molecule has 0 bridgehead atoms. The first-order valence-corrected chi connectivity index (χ1v) is 7.68. The lowest BCUT2D eigenvalue weighted by molar-refractivity contribution is 0.877. The monoisotopic (exact) mass is 308 g/mol. The van der Waals surface area contributed by atoms with Crippen LogP contribution in [0.15, 0.2) is 28.3 Å². The summed E-state index contributed by atoms with van der Waals surface area (Å²) in [5.74, 6) is 0.527. The number of hydrogen-bond acceptors (Lipinski definition) is 5. The SMILES string of the molecule is CCCNc1nc(Cl)nc(Sc2cc(C)ccc2C)n1. The molecule has 0 atom stereocenters. The summed E-state index contributed by atoms with van der Waals surface area (Å²) in [4.78, 5) is 13.8. The fraction of sp³-hybridized carbons (Fsp3) is 0.357. The van der Waals surface area contributed by atoms with Gasteiger partial charge >= 0.3 is 0 Å². The van der Waals surface area contributed by atoms with Crippen LogP contribution in [-0.2, 0) is 0 Å². The second-order valence-electron chi connectivity index (χ2n) is 4.51. The Balaban J connectivity index is 2.24. The lowest BCUT2D eigenvalue weighted by Gasteiger charge is -2.07. The van der Waals surface area contributed by atoms with Crippen molar-refractivity contribution in [3.63, 3.8) is 0 Å². The quantitative estimate of drug-likeness (QED) is 0.900. The van der Waals surface area contributed by atoms with Crippen molar-refractivity contribution in [3.05, 3.63) is 34.6 Å². The molecule has 2 aromatic rings. The Labute approximate surface area is 128 Å². The fourth-order valence-electron chi connectivity index (χ4n) is 1.61. The Morgan fingerprint density at radius 2 is 2.00 bits per heavy atom. The molecule has 1 aromatic carbocycles. The maximum Gasteiger partial charge on any atom is 0.228 e. The smallest absolute Gasteiger partial charge is 0.228 e. The Hall–Kier alpha value is -1.33. The van der Waals surface area contributed by atoms with Gasteiger partial charge in [0.1, 0.15) is 0 Å². The van der Waals surface area contributed by atoms with Crippen molar-refractivity contribution in [3.8, 4) is 0 Å². The standard InChI is InChI=1S/C14H17ClN4S/c1-4-7-16-13-17-12(15)18-14(19-13)20-11-8-9(2)5-6-10(11)3/h5-6,8H,4,7H2,1-3H3,(H,16,17,18,19).